The minimum absolute atomic E-state index is 0.0675. The molecule has 0 saturated heterocycles. The van der Waals surface area contributed by atoms with Crippen molar-refractivity contribution in [3.05, 3.63) is 46.3 Å². The number of urea groups is 1. The van der Waals surface area contributed by atoms with Crippen LogP contribution in [0.25, 0.3) is 0 Å². The normalized spacial score (nSPS) is 14.5. The van der Waals surface area contributed by atoms with Crippen LogP contribution in [0.2, 0.25) is 0 Å². The van der Waals surface area contributed by atoms with Crippen molar-refractivity contribution in [2.75, 3.05) is 0 Å². The van der Waals surface area contributed by atoms with Crippen LogP contribution in [0.15, 0.2) is 26.3 Å². The van der Waals surface area contributed by atoms with Crippen molar-refractivity contribution in [2.24, 2.45) is 10.8 Å². The molecule has 142 valence electrons. The highest BCUT2D eigenvalue weighted by Gasteiger charge is 2.28. The third kappa shape index (κ3) is 3.68. The molecule has 0 unspecified atom stereocenters. The highest BCUT2D eigenvalue weighted by atomic mass is 16.4. The fourth-order valence-electron chi connectivity index (χ4n) is 2.98. The predicted molar refractivity (Wildman–Crippen MR) is 94.0 cm³/mol. The minimum Gasteiger partial charge on any atom is -0.469 e. The van der Waals surface area contributed by atoms with Crippen molar-refractivity contribution in [2.45, 2.75) is 33.1 Å². The number of hydrazine groups is 1. The van der Waals surface area contributed by atoms with Crippen LogP contribution in [0, 0.1) is 13.8 Å². The van der Waals surface area contributed by atoms with Crippen molar-refractivity contribution in [1.82, 2.24) is 16.3 Å². The van der Waals surface area contributed by atoms with Crippen LogP contribution in [0.4, 0.5) is 4.79 Å². The van der Waals surface area contributed by atoms with E-state index in [0.29, 0.717) is 46.8 Å². The predicted octanol–water partition coefficient (Wildman–Crippen LogP) is 1.27. The molecule has 5 N–H and O–H groups in total. The lowest BCUT2D eigenvalue weighted by Gasteiger charge is -2.13. The zero-order valence-electron chi connectivity index (χ0n) is 14.8. The molecule has 2 aromatic heterocycles. The molecular weight excluding hydrogens is 354 g/mol. The topological polar surface area (TPSA) is 152 Å². The second-order valence-corrected chi connectivity index (χ2v) is 6.04. The van der Waals surface area contributed by atoms with Gasteiger partial charge in [0.1, 0.15) is 11.5 Å². The second kappa shape index (κ2) is 7.36. The number of nitrogens with two attached hydrogens (primary N) is 1. The van der Waals surface area contributed by atoms with E-state index in [0.717, 1.165) is 6.42 Å². The molecule has 1 aliphatic rings. The summed E-state index contributed by atoms with van der Waals surface area (Å²) in [6, 6.07) is 0.730. The Balaban J connectivity index is 1.77. The molecule has 0 bridgehead atoms. The molecule has 0 aliphatic heterocycles. The molecule has 0 radical (unpaired) electrons. The first-order valence-electron chi connectivity index (χ1n) is 8.28. The van der Waals surface area contributed by atoms with Gasteiger partial charge in [0.05, 0.1) is 17.5 Å². The lowest BCUT2D eigenvalue weighted by atomic mass is 9.93. The summed E-state index contributed by atoms with van der Waals surface area (Å²) in [5.74, 6) is 0.00750. The number of aryl methyl sites for hydroxylation is 2. The summed E-state index contributed by atoms with van der Waals surface area (Å²) < 4.78 is 10.7. The van der Waals surface area contributed by atoms with Gasteiger partial charge in [-0.15, -0.1) is 0 Å². The Hall–Kier alpha value is -3.56. The Morgan fingerprint density at radius 2 is 1.89 bits per heavy atom. The molecule has 4 amide bonds. The summed E-state index contributed by atoms with van der Waals surface area (Å²) in [5, 5.41) is 4.00. The molecule has 3 rings (SSSR count). The van der Waals surface area contributed by atoms with E-state index in [4.69, 9.17) is 14.6 Å². The maximum Gasteiger partial charge on any atom is 0.332 e. The quantitative estimate of drug-likeness (QED) is 0.597. The van der Waals surface area contributed by atoms with Crippen LogP contribution in [0.3, 0.4) is 0 Å². The third-order valence-electron chi connectivity index (χ3n) is 4.23. The van der Waals surface area contributed by atoms with E-state index in [9.17, 15) is 14.4 Å². The molecule has 0 fully saturated rings. The van der Waals surface area contributed by atoms with Gasteiger partial charge in [0.25, 0.3) is 5.91 Å². The first kappa shape index (κ1) is 18.2. The highest BCUT2D eigenvalue weighted by molar-refractivity contribution is 6.07. The second-order valence-electron chi connectivity index (χ2n) is 6.04. The average Bonchev–Trinajstić information content (AvgIpc) is 3.21. The van der Waals surface area contributed by atoms with Gasteiger partial charge in [-0.2, -0.15) is 5.10 Å². The molecule has 10 nitrogen and oxygen atoms in total. The van der Waals surface area contributed by atoms with E-state index >= 15 is 0 Å². The van der Waals surface area contributed by atoms with E-state index in [1.807, 2.05) is 0 Å². The van der Waals surface area contributed by atoms with Gasteiger partial charge in [-0.25, -0.2) is 10.2 Å². The molecule has 27 heavy (non-hydrogen) atoms. The lowest BCUT2D eigenvalue weighted by molar-refractivity contribution is 0.0828. The van der Waals surface area contributed by atoms with Crippen molar-refractivity contribution in [3.63, 3.8) is 0 Å². The average molecular weight is 373 g/mol. The van der Waals surface area contributed by atoms with Gasteiger partial charge < -0.3 is 14.6 Å². The fraction of sp³-hybridized carbons (Fsp3) is 0.294. The number of fused-ring (bicyclic) bond motifs is 1. The number of nitrogens with one attached hydrogen (secondary N) is 3. The largest absolute Gasteiger partial charge is 0.469 e. The summed E-state index contributed by atoms with van der Waals surface area (Å²) in [7, 11) is 0. The van der Waals surface area contributed by atoms with E-state index in [-0.39, 0.29) is 5.76 Å². The number of rotatable bonds is 3. The van der Waals surface area contributed by atoms with E-state index in [2.05, 4.69) is 21.4 Å². The van der Waals surface area contributed by atoms with Gasteiger partial charge in [0.15, 0.2) is 5.76 Å². The maximum atomic E-state index is 12.4. The molecule has 0 aromatic carbocycles. The number of amides is 4. The number of carbonyl (C=O) groups is 3. The molecule has 0 spiro atoms. The van der Waals surface area contributed by atoms with Gasteiger partial charge in [-0.05, 0) is 32.8 Å². The van der Waals surface area contributed by atoms with Crippen LogP contribution < -0.4 is 22.0 Å². The monoisotopic (exact) mass is 373 g/mol. The first-order valence-corrected chi connectivity index (χ1v) is 8.28. The van der Waals surface area contributed by atoms with Gasteiger partial charge >= 0.3 is 11.9 Å². The van der Waals surface area contributed by atoms with Gasteiger partial charge in [0.2, 0.25) is 0 Å². The van der Waals surface area contributed by atoms with Gasteiger partial charge in [-0.3, -0.25) is 20.4 Å². The number of primary amides is 1. The molecule has 10 heteroatoms. The summed E-state index contributed by atoms with van der Waals surface area (Å²) in [4.78, 5) is 35.4. The number of hydrazone groups is 1. The first-order chi connectivity index (χ1) is 12.9. The van der Waals surface area contributed by atoms with E-state index in [1.165, 1.54) is 12.3 Å². The lowest BCUT2D eigenvalue weighted by Crippen LogP contribution is -2.41. The number of carbonyl (C=O) groups excluding carboxylic acids is 3. The summed E-state index contributed by atoms with van der Waals surface area (Å²) in [6.45, 7) is 3.35. The van der Waals surface area contributed by atoms with Crippen molar-refractivity contribution >= 4 is 23.6 Å². The number of hydrogen-bond donors (Lipinski definition) is 4. The van der Waals surface area contributed by atoms with E-state index in [1.54, 1.807) is 13.8 Å². The molecule has 1 aliphatic carbocycles. The Labute approximate surface area is 154 Å². The summed E-state index contributed by atoms with van der Waals surface area (Å²) in [6.07, 6.45) is 3.40. The standard InChI is InChI=1S/C17H19N5O5/c1-8-13-11(19-22-17(18)25)4-3-5-12(13)27-14(8)16(24)21-20-15(23)10-6-7-26-9(10)2/h6-7H,3-5H2,1-2H3,(H,20,23)(H,21,24)(H3,18,22,25)/b19-11+. The third-order valence-corrected chi connectivity index (χ3v) is 4.23. The highest BCUT2D eigenvalue weighted by Crippen LogP contribution is 2.29. The fourth-order valence-corrected chi connectivity index (χ4v) is 2.98. The van der Waals surface area contributed by atoms with Crippen LogP contribution >= 0.6 is 0 Å². The zero-order chi connectivity index (χ0) is 19.6. The Morgan fingerprint density at radius 3 is 2.56 bits per heavy atom. The van der Waals surface area contributed by atoms with Gasteiger partial charge in [0, 0.05) is 17.5 Å². The summed E-state index contributed by atoms with van der Waals surface area (Å²) >= 11 is 0. The van der Waals surface area contributed by atoms with Crippen LogP contribution in [0.1, 0.15) is 56.4 Å². The molecule has 0 saturated carbocycles. The van der Waals surface area contributed by atoms with Crippen LogP contribution in [-0.4, -0.2) is 23.6 Å². The van der Waals surface area contributed by atoms with Crippen molar-refractivity contribution in [1.29, 1.82) is 0 Å². The SMILES string of the molecule is Cc1occc1C(=O)NNC(=O)c1oc2c(c1C)/C(=N/NC(N)=O)CCC2. The van der Waals surface area contributed by atoms with Crippen molar-refractivity contribution < 1.29 is 23.2 Å². The zero-order valence-corrected chi connectivity index (χ0v) is 14.8. The minimum atomic E-state index is -0.772. The Bertz CT molecular complexity index is 940. The molecule has 2 aromatic rings. The molecule has 0 atom stereocenters. The molecular formula is C17H19N5O5. The van der Waals surface area contributed by atoms with Crippen LogP contribution in [0.5, 0.6) is 0 Å². The molecule has 2 heterocycles. The summed E-state index contributed by atoms with van der Waals surface area (Å²) in [5.41, 5.74) is 14.1. The number of hydrogen-bond acceptors (Lipinski definition) is 6. The van der Waals surface area contributed by atoms with E-state index < -0.39 is 17.8 Å². The van der Waals surface area contributed by atoms with Crippen molar-refractivity contribution in [3.8, 4) is 0 Å². The number of nitrogens with zero attached hydrogens (tertiary/aromatic N) is 1. The Morgan fingerprint density at radius 1 is 1.15 bits per heavy atom. The maximum absolute atomic E-state index is 12.4. The van der Waals surface area contributed by atoms with Gasteiger partial charge in [-0.1, -0.05) is 0 Å². The number of furan rings is 2. The Kier molecular flexibility index (Phi) is 4.97. The van der Waals surface area contributed by atoms with Crippen LogP contribution in [-0.2, 0) is 6.42 Å². The smallest absolute Gasteiger partial charge is 0.332 e.